The molecule has 0 aliphatic carbocycles. The maximum atomic E-state index is 13.8. The van der Waals surface area contributed by atoms with E-state index in [1.165, 1.54) is 0 Å². The summed E-state index contributed by atoms with van der Waals surface area (Å²) in [5, 5.41) is 2.18. The van der Waals surface area contributed by atoms with Gasteiger partial charge in [0.2, 0.25) is 0 Å². The van der Waals surface area contributed by atoms with Crippen LogP contribution in [0.2, 0.25) is 0 Å². The highest BCUT2D eigenvalue weighted by Crippen LogP contribution is 2.60. The van der Waals surface area contributed by atoms with Gasteiger partial charge in [-0.15, -0.1) is 23.2 Å². The van der Waals surface area contributed by atoms with Crippen LogP contribution in [0.1, 0.15) is 13.8 Å². The van der Waals surface area contributed by atoms with Crippen molar-refractivity contribution in [1.29, 1.82) is 0 Å². The number of rotatable bonds is 9. The Morgan fingerprint density at radius 3 is 2.54 bits per heavy atom. The van der Waals surface area contributed by atoms with Gasteiger partial charge in [0.1, 0.15) is 18.5 Å². The lowest BCUT2D eigenvalue weighted by atomic mass is 10.1. The molecule has 5 nitrogen and oxygen atoms in total. The van der Waals surface area contributed by atoms with Gasteiger partial charge in [0.05, 0.1) is 0 Å². The highest BCUT2D eigenvalue weighted by atomic mass is 35.5. The quantitative estimate of drug-likeness (QED) is 0.391. The first-order chi connectivity index (χ1) is 13.5. The Bertz CT molecular complexity index is 825. The first kappa shape index (κ1) is 21.9. The van der Waals surface area contributed by atoms with Crippen molar-refractivity contribution < 1.29 is 13.8 Å². The third kappa shape index (κ3) is 4.67. The fraction of sp³-hybridized carbons (Fsp3) is 0.500. The largest absolute Gasteiger partial charge is 0.490 e. The van der Waals surface area contributed by atoms with Gasteiger partial charge in [-0.25, -0.2) is 9.34 Å². The predicted octanol–water partition coefficient (Wildman–Crippen LogP) is 5.22. The highest BCUT2D eigenvalue weighted by Gasteiger charge is 2.48. The van der Waals surface area contributed by atoms with Crippen molar-refractivity contribution in [2.75, 3.05) is 38.0 Å². The number of hydrogen-bond donors (Lipinski definition) is 0. The number of benzene rings is 2. The van der Waals surface area contributed by atoms with Crippen LogP contribution in [0.25, 0.3) is 10.8 Å². The molecule has 0 bridgehead atoms. The molecule has 0 radical (unpaired) electrons. The smallest absolute Gasteiger partial charge is 0.346 e. The van der Waals surface area contributed by atoms with Crippen molar-refractivity contribution in [2.24, 2.45) is 0 Å². The van der Waals surface area contributed by atoms with Gasteiger partial charge < -0.3 is 4.74 Å². The van der Waals surface area contributed by atoms with Crippen molar-refractivity contribution in [3.8, 4) is 5.75 Å². The van der Waals surface area contributed by atoms with Gasteiger partial charge in [-0.1, -0.05) is 36.4 Å². The van der Waals surface area contributed by atoms with Gasteiger partial charge in [-0.3, -0.25) is 9.09 Å². The minimum Gasteiger partial charge on any atom is -0.490 e. The summed E-state index contributed by atoms with van der Waals surface area (Å²) in [6, 6.07) is 14.1. The molecule has 28 heavy (non-hydrogen) atoms. The molecule has 1 aliphatic heterocycles. The van der Waals surface area contributed by atoms with E-state index in [0.29, 0.717) is 38.0 Å². The van der Waals surface area contributed by atoms with Crippen LogP contribution in [-0.4, -0.2) is 59.5 Å². The predicted molar refractivity (Wildman–Crippen MR) is 117 cm³/mol. The molecule has 2 aromatic rings. The third-order valence-corrected chi connectivity index (χ3v) is 8.12. The Kier molecular flexibility index (Phi) is 7.66. The van der Waals surface area contributed by atoms with Crippen LogP contribution < -0.4 is 4.74 Å². The van der Waals surface area contributed by atoms with Crippen LogP contribution in [0, 0.1) is 0 Å². The fourth-order valence-corrected chi connectivity index (χ4v) is 6.90. The summed E-state index contributed by atoms with van der Waals surface area (Å²) in [6.07, 6.45) is -0.291. The molecule has 1 saturated heterocycles. The van der Waals surface area contributed by atoms with Gasteiger partial charge in [0.15, 0.2) is 0 Å². The molecular formula is C20H27Cl2N2O3P. The normalized spacial score (nSPS) is 23.1. The van der Waals surface area contributed by atoms with E-state index in [9.17, 15) is 4.57 Å². The van der Waals surface area contributed by atoms with E-state index in [0.717, 1.165) is 16.5 Å². The zero-order valence-corrected chi connectivity index (χ0v) is 18.7. The monoisotopic (exact) mass is 444 g/mol. The number of hydrogen-bond acceptors (Lipinski definition) is 3. The van der Waals surface area contributed by atoms with E-state index in [1.54, 1.807) is 4.67 Å². The maximum Gasteiger partial charge on any atom is 0.346 e. The summed E-state index contributed by atoms with van der Waals surface area (Å²) in [5.41, 5.74) is 0. The zero-order chi connectivity index (χ0) is 20.1. The number of ether oxygens (including phenoxy) is 1. The first-order valence-corrected chi connectivity index (χ1v) is 12.1. The lowest BCUT2D eigenvalue weighted by Gasteiger charge is -2.34. The average molecular weight is 445 g/mol. The fourth-order valence-electron chi connectivity index (χ4n) is 3.48. The molecule has 0 saturated carbocycles. The Morgan fingerprint density at radius 1 is 1.18 bits per heavy atom. The van der Waals surface area contributed by atoms with Gasteiger partial charge in [-0.2, -0.15) is 0 Å². The average Bonchev–Trinajstić information content (AvgIpc) is 3.04. The molecule has 0 unspecified atom stereocenters. The molecular weight excluding hydrogens is 418 g/mol. The maximum absolute atomic E-state index is 13.8. The SMILES string of the molecule is CC(C)N1C[C@@H](COc2cccc3ccccc23)O[P@@]1(=O)N(CCCl)CCCl. The van der Waals surface area contributed by atoms with E-state index in [1.807, 2.05) is 48.8 Å². The summed E-state index contributed by atoms with van der Waals surface area (Å²) in [5.74, 6) is 1.54. The summed E-state index contributed by atoms with van der Waals surface area (Å²) >= 11 is 11.9. The molecule has 0 spiro atoms. The molecule has 2 aromatic carbocycles. The lowest BCUT2D eigenvalue weighted by molar-refractivity contribution is 0.146. The first-order valence-electron chi connectivity index (χ1n) is 9.53. The van der Waals surface area contributed by atoms with Gasteiger partial charge in [0, 0.05) is 42.8 Å². The van der Waals surface area contributed by atoms with Crippen LogP contribution in [-0.2, 0) is 9.09 Å². The van der Waals surface area contributed by atoms with E-state index in [-0.39, 0.29) is 12.1 Å². The molecule has 0 N–H and O–H groups in total. The summed E-state index contributed by atoms with van der Waals surface area (Å²) in [6.45, 7) is 5.84. The van der Waals surface area contributed by atoms with Crippen molar-refractivity contribution in [1.82, 2.24) is 9.34 Å². The van der Waals surface area contributed by atoms with E-state index >= 15 is 0 Å². The minimum absolute atomic E-state index is 0.0709. The second-order valence-corrected chi connectivity index (χ2v) is 10.1. The summed E-state index contributed by atoms with van der Waals surface area (Å²) in [7, 11) is -3.19. The van der Waals surface area contributed by atoms with E-state index < -0.39 is 7.67 Å². The van der Waals surface area contributed by atoms with Crippen LogP contribution in [0.4, 0.5) is 0 Å². The number of nitrogens with zero attached hydrogens (tertiary/aromatic N) is 2. The second-order valence-electron chi connectivity index (χ2n) is 7.05. The molecule has 0 aromatic heterocycles. The van der Waals surface area contributed by atoms with Gasteiger partial charge >= 0.3 is 7.67 Å². The molecule has 8 heteroatoms. The van der Waals surface area contributed by atoms with E-state index in [4.69, 9.17) is 32.5 Å². The van der Waals surface area contributed by atoms with E-state index in [2.05, 4.69) is 12.1 Å². The Labute approximate surface area is 177 Å². The van der Waals surface area contributed by atoms with Crippen molar-refractivity contribution >= 4 is 41.6 Å². The van der Waals surface area contributed by atoms with Crippen LogP contribution >= 0.6 is 30.9 Å². The van der Waals surface area contributed by atoms with Crippen LogP contribution in [0.15, 0.2) is 42.5 Å². The topological polar surface area (TPSA) is 42.0 Å². The summed E-state index contributed by atoms with van der Waals surface area (Å²) < 4.78 is 29.6. The lowest BCUT2D eigenvalue weighted by Crippen LogP contribution is -2.35. The Balaban J connectivity index is 1.75. The van der Waals surface area contributed by atoms with Gasteiger partial charge in [0.25, 0.3) is 0 Å². The second kappa shape index (κ2) is 9.80. The van der Waals surface area contributed by atoms with Crippen molar-refractivity contribution in [3.63, 3.8) is 0 Å². The van der Waals surface area contributed by atoms with Crippen LogP contribution in [0.5, 0.6) is 5.75 Å². The number of fused-ring (bicyclic) bond motifs is 1. The zero-order valence-electron chi connectivity index (χ0n) is 16.3. The minimum atomic E-state index is -3.19. The molecule has 1 fully saturated rings. The highest BCUT2D eigenvalue weighted by molar-refractivity contribution is 7.54. The number of halogens is 2. The molecule has 2 atom stereocenters. The molecule has 0 amide bonds. The molecule has 154 valence electrons. The van der Waals surface area contributed by atoms with Gasteiger partial charge in [-0.05, 0) is 25.3 Å². The Morgan fingerprint density at radius 2 is 1.86 bits per heavy atom. The number of alkyl halides is 2. The summed E-state index contributed by atoms with van der Waals surface area (Å²) in [4.78, 5) is 0. The van der Waals surface area contributed by atoms with Crippen LogP contribution in [0.3, 0.4) is 0 Å². The van der Waals surface area contributed by atoms with Crippen molar-refractivity contribution in [2.45, 2.75) is 26.0 Å². The molecule has 1 heterocycles. The third-order valence-electron chi connectivity index (χ3n) is 4.81. The molecule has 3 rings (SSSR count). The Hall–Kier alpha value is -0.810. The standard InChI is InChI=1S/C20H27Cl2N2O3P/c1-16(2)24-14-18(27-28(24,25)23(12-10-21)13-11-22)15-26-20-9-5-7-17-6-3-4-8-19(17)20/h3-9,16,18H,10-15H2,1-2H3/t18-,28-/m0/s1. The molecule has 1 aliphatic rings. The van der Waals surface area contributed by atoms with Crippen molar-refractivity contribution in [3.05, 3.63) is 42.5 Å².